The number of aliphatic hydroxyl groups is 1. The SMILES string of the molecule is O=C(CC(C(F)F)n1ccc(F)n1)N1CCC(O)(Cn2cnc3c(-c4cc(Cl)c5c(c4)CCN5)snc3c2=O)CC1. The number of piperidine rings is 1. The van der Waals surface area contributed by atoms with Crippen LogP contribution in [0.3, 0.4) is 0 Å². The highest BCUT2D eigenvalue weighted by Crippen LogP contribution is 2.38. The second-order valence-electron chi connectivity index (χ2n) is 10.4. The lowest BCUT2D eigenvalue weighted by atomic mass is 9.91. The molecule has 0 radical (unpaired) electrons. The Kier molecular flexibility index (Phi) is 7.24. The van der Waals surface area contributed by atoms with Crippen LogP contribution in [0, 0.1) is 5.95 Å². The van der Waals surface area contributed by atoms with Crippen LogP contribution >= 0.6 is 23.1 Å². The molecule has 4 aromatic rings. The van der Waals surface area contributed by atoms with Gasteiger partial charge < -0.3 is 15.3 Å². The average Bonchev–Trinajstić information content (AvgIpc) is 3.69. The fourth-order valence-electron chi connectivity index (χ4n) is 5.43. The summed E-state index contributed by atoms with van der Waals surface area (Å²) in [6, 6.07) is 3.20. The van der Waals surface area contributed by atoms with E-state index in [1.165, 1.54) is 15.8 Å². The quantitative estimate of drug-likeness (QED) is 0.329. The molecule has 1 saturated heterocycles. The van der Waals surface area contributed by atoms with Crippen LogP contribution in [0.1, 0.15) is 30.9 Å². The lowest BCUT2D eigenvalue weighted by molar-refractivity contribution is -0.138. The molecular weight excluding hydrogens is 583 g/mol. The zero-order valence-corrected chi connectivity index (χ0v) is 23.1. The molecule has 2 N–H and O–H groups in total. The van der Waals surface area contributed by atoms with E-state index in [9.17, 15) is 27.9 Å². The molecule has 0 spiro atoms. The number of nitrogens with one attached hydrogen (secondary N) is 1. The molecule has 1 unspecified atom stereocenters. The van der Waals surface area contributed by atoms with Gasteiger partial charge in [0, 0.05) is 31.9 Å². The number of hydrogen-bond donors (Lipinski definition) is 2. The van der Waals surface area contributed by atoms with Gasteiger partial charge in [0.05, 0.1) is 40.5 Å². The summed E-state index contributed by atoms with van der Waals surface area (Å²) >= 11 is 7.61. The highest BCUT2D eigenvalue weighted by atomic mass is 35.5. The molecule has 3 aromatic heterocycles. The van der Waals surface area contributed by atoms with Crippen LogP contribution in [0.5, 0.6) is 0 Å². The van der Waals surface area contributed by atoms with Gasteiger partial charge in [0.25, 0.3) is 12.0 Å². The predicted octanol–water partition coefficient (Wildman–Crippen LogP) is 3.73. The summed E-state index contributed by atoms with van der Waals surface area (Å²) < 4.78 is 46.8. The van der Waals surface area contributed by atoms with E-state index in [0.717, 1.165) is 63.1 Å². The topological polar surface area (TPSA) is 118 Å². The Hall–Kier alpha value is -3.49. The maximum Gasteiger partial charge on any atom is 0.281 e. The summed E-state index contributed by atoms with van der Waals surface area (Å²) in [6.45, 7) is 0.963. The lowest BCUT2D eigenvalue weighted by Gasteiger charge is -2.38. The standard InChI is InChI=1S/C26H25ClF3N7O3S/c27-16-10-15(9-14-1-5-31-20(14)16)23-21-22(34-41-23)25(39)36(13-32-21)12-26(40)3-7-35(8-4-26)19(38)11-17(24(29)30)37-6-2-18(28)33-37/h2,6,9-10,13,17,24,31,40H,1,3-5,7-8,11-12H2. The Morgan fingerprint density at radius 1 is 1.24 bits per heavy atom. The van der Waals surface area contributed by atoms with Crippen LogP contribution in [0.25, 0.3) is 21.5 Å². The monoisotopic (exact) mass is 607 g/mol. The van der Waals surface area contributed by atoms with Crippen LogP contribution in [0.2, 0.25) is 5.02 Å². The third-order valence-electron chi connectivity index (χ3n) is 7.69. The van der Waals surface area contributed by atoms with Gasteiger partial charge in [-0.1, -0.05) is 11.6 Å². The second kappa shape index (κ2) is 10.7. The molecule has 1 fully saturated rings. The van der Waals surface area contributed by atoms with E-state index in [1.807, 2.05) is 12.1 Å². The van der Waals surface area contributed by atoms with Crippen molar-refractivity contribution in [2.75, 3.05) is 25.0 Å². The van der Waals surface area contributed by atoms with Crippen molar-refractivity contribution in [3.05, 3.63) is 57.6 Å². The van der Waals surface area contributed by atoms with Gasteiger partial charge in [-0.15, -0.1) is 5.10 Å². The number of likely N-dealkylation sites (tertiary alicyclic amines) is 1. The molecule has 2 aliphatic rings. The number of anilines is 1. The summed E-state index contributed by atoms with van der Waals surface area (Å²) in [5.74, 6) is -1.46. The van der Waals surface area contributed by atoms with Crippen molar-refractivity contribution < 1.29 is 23.1 Å². The van der Waals surface area contributed by atoms with Gasteiger partial charge in [0.15, 0.2) is 5.52 Å². The number of fused-ring (bicyclic) bond motifs is 2. The minimum atomic E-state index is -2.92. The Morgan fingerprint density at radius 3 is 2.73 bits per heavy atom. The molecule has 6 rings (SSSR count). The Morgan fingerprint density at radius 2 is 2.02 bits per heavy atom. The molecular formula is C26H25ClF3N7O3S. The number of hydrogen-bond acceptors (Lipinski definition) is 8. The van der Waals surface area contributed by atoms with Crippen molar-refractivity contribution in [2.24, 2.45) is 0 Å². The van der Waals surface area contributed by atoms with Crippen LogP contribution in [-0.4, -0.2) is 71.3 Å². The van der Waals surface area contributed by atoms with E-state index in [4.69, 9.17) is 11.6 Å². The van der Waals surface area contributed by atoms with Crippen molar-refractivity contribution >= 4 is 45.8 Å². The number of alkyl halides is 2. The molecule has 0 saturated carbocycles. The van der Waals surface area contributed by atoms with Crippen LogP contribution < -0.4 is 10.9 Å². The van der Waals surface area contributed by atoms with E-state index in [1.54, 1.807) is 0 Å². The molecule has 2 aliphatic heterocycles. The van der Waals surface area contributed by atoms with Gasteiger partial charge >= 0.3 is 0 Å². The van der Waals surface area contributed by atoms with E-state index in [-0.39, 0.29) is 38.0 Å². The third-order valence-corrected chi connectivity index (χ3v) is 8.87. The maximum absolute atomic E-state index is 13.6. The Balaban J connectivity index is 1.14. The van der Waals surface area contributed by atoms with Crippen molar-refractivity contribution in [3.8, 4) is 10.4 Å². The maximum atomic E-state index is 13.6. The van der Waals surface area contributed by atoms with Gasteiger partial charge in [0.2, 0.25) is 11.9 Å². The van der Waals surface area contributed by atoms with E-state index < -0.39 is 41.9 Å². The molecule has 1 atom stereocenters. The van der Waals surface area contributed by atoms with Crippen LogP contribution in [0.15, 0.2) is 35.5 Å². The molecule has 15 heteroatoms. The zero-order valence-electron chi connectivity index (χ0n) is 21.6. The molecule has 10 nitrogen and oxygen atoms in total. The summed E-state index contributed by atoms with van der Waals surface area (Å²) in [5.41, 5.74) is 1.77. The fourth-order valence-corrected chi connectivity index (χ4v) is 6.54. The normalized spacial score (nSPS) is 17.2. The molecule has 5 heterocycles. The minimum absolute atomic E-state index is 0.0633. The first kappa shape index (κ1) is 27.7. The lowest BCUT2D eigenvalue weighted by Crippen LogP contribution is -2.50. The third kappa shape index (κ3) is 5.31. The van der Waals surface area contributed by atoms with Crippen molar-refractivity contribution in [3.63, 3.8) is 0 Å². The number of amides is 1. The largest absolute Gasteiger partial charge is 0.388 e. The number of nitrogens with zero attached hydrogens (tertiary/aromatic N) is 6. The minimum Gasteiger partial charge on any atom is -0.388 e. The summed E-state index contributed by atoms with van der Waals surface area (Å²) in [4.78, 5) is 32.7. The first-order valence-corrected chi connectivity index (χ1v) is 14.2. The number of halogens is 4. The fraction of sp³-hybridized carbons (Fsp3) is 0.423. The van der Waals surface area contributed by atoms with E-state index >= 15 is 0 Å². The van der Waals surface area contributed by atoms with Crippen LogP contribution in [0.4, 0.5) is 18.9 Å². The number of carbonyl (C=O) groups is 1. The molecule has 1 aromatic carbocycles. The van der Waals surface area contributed by atoms with Gasteiger partial charge in [0.1, 0.15) is 11.6 Å². The van der Waals surface area contributed by atoms with E-state index in [0.29, 0.717) is 10.5 Å². The highest BCUT2D eigenvalue weighted by molar-refractivity contribution is 7.11. The number of rotatable bonds is 7. The molecule has 216 valence electrons. The first-order chi connectivity index (χ1) is 19.6. The van der Waals surface area contributed by atoms with Crippen molar-refractivity contribution in [2.45, 2.75) is 50.3 Å². The van der Waals surface area contributed by atoms with Gasteiger partial charge in [-0.25, -0.2) is 13.8 Å². The number of aromatic nitrogens is 5. The predicted molar refractivity (Wildman–Crippen MR) is 147 cm³/mol. The van der Waals surface area contributed by atoms with Crippen molar-refractivity contribution in [1.29, 1.82) is 0 Å². The average molecular weight is 608 g/mol. The second-order valence-corrected chi connectivity index (χ2v) is 11.6. The number of benzene rings is 1. The molecule has 0 aliphatic carbocycles. The van der Waals surface area contributed by atoms with Crippen LogP contribution in [-0.2, 0) is 17.8 Å². The molecule has 41 heavy (non-hydrogen) atoms. The Bertz CT molecular complexity index is 1680. The summed E-state index contributed by atoms with van der Waals surface area (Å²) in [5, 5.41) is 18.5. The van der Waals surface area contributed by atoms with Gasteiger partial charge in [-0.05, 0) is 54.1 Å². The van der Waals surface area contributed by atoms with Gasteiger partial charge in [-0.3, -0.25) is 18.8 Å². The van der Waals surface area contributed by atoms with Gasteiger partial charge in [-0.2, -0.15) is 8.76 Å². The smallest absolute Gasteiger partial charge is 0.281 e. The van der Waals surface area contributed by atoms with E-state index in [2.05, 4.69) is 19.8 Å². The number of carbonyl (C=O) groups excluding carboxylic acids is 1. The molecule has 1 amide bonds. The summed E-state index contributed by atoms with van der Waals surface area (Å²) in [7, 11) is 0. The zero-order chi connectivity index (χ0) is 28.9. The Labute approximate surface area is 240 Å². The highest BCUT2D eigenvalue weighted by Gasteiger charge is 2.36. The molecule has 0 bridgehead atoms. The van der Waals surface area contributed by atoms with Crippen molar-refractivity contribution in [1.82, 2.24) is 28.6 Å². The summed E-state index contributed by atoms with van der Waals surface area (Å²) in [6.07, 6.45) is 0.0723. The first-order valence-electron chi connectivity index (χ1n) is 13.0.